The first-order valence-electron chi connectivity index (χ1n) is 4.17. The number of carbonyl (C=O) groups is 1. The van der Waals surface area contributed by atoms with Crippen LogP contribution in [0.15, 0.2) is 16.6 Å². The minimum Gasteiger partial charge on any atom is -0.505 e. The molecule has 0 heterocycles. The molecule has 0 radical (unpaired) electrons. The van der Waals surface area contributed by atoms with E-state index in [4.69, 9.17) is 0 Å². The van der Waals surface area contributed by atoms with E-state index in [0.717, 1.165) is 0 Å². The van der Waals surface area contributed by atoms with Gasteiger partial charge in [-0.05, 0) is 31.0 Å². The number of hydrogen-bond donors (Lipinski definition) is 1. The Hall–Kier alpha value is -0.900. The molecule has 0 atom stereocenters. The number of rotatable bonds is 3. The van der Waals surface area contributed by atoms with E-state index < -0.39 is 5.82 Å². The normalized spacial score (nSPS) is 10.2. The molecule has 0 unspecified atom stereocenters. The minimum absolute atomic E-state index is 0.0183. The molecule has 1 aromatic rings. The summed E-state index contributed by atoms with van der Waals surface area (Å²) in [7, 11) is 0. The fourth-order valence-corrected chi connectivity index (χ4v) is 1.60. The number of ketones is 1. The molecule has 0 saturated carbocycles. The van der Waals surface area contributed by atoms with Crippen LogP contribution < -0.4 is 0 Å². The van der Waals surface area contributed by atoms with Gasteiger partial charge >= 0.3 is 0 Å². The molecule has 76 valence electrons. The highest BCUT2D eigenvalue weighted by molar-refractivity contribution is 9.10. The SMILES string of the molecule is CC(=O)CCc1cc(Br)cc(F)c1O. The van der Waals surface area contributed by atoms with Gasteiger partial charge in [-0.3, -0.25) is 0 Å². The number of halogens is 2. The Bertz CT molecular complexity index is 363. The average molecular weight is 261 g/mol. The molecule has 1 rings (SSSR count). The Morgan fingerprint density at radius 1 is 1.57 bits per heavy atom. The van der Waals surface area contributed by atoms with Gasteiger partial charge in [-0.15, -0.1) is 0 Å². The lowest BCUT2D eigenvalue weighted by Crippen LogP contribution is -1.95. The van der Waals surface area contributed by atoms with Crippen molar-refractivity contribution in [2.75, 3.05) is 0 Å². The lowest BCUT2D eigenvalue weighted by atomic mass is 10.1. The summed E-state index contributed by atoms with van der Waals surface area (Å²) in [5, 5.41) is 9.33. The second-order valence-electron chi connectivity index (χ2n) is 3.10. The van der Waals surface area contributed by atoms with Crippen molar-refractivity contribution in [3.63, 3.8) is 0 Å². The molecule has 0 bridgehead atoms. The Balaban J connectivity index is 2.90. The van der Waals surface area contributed by atoms with E-state index in [1.54, 1.807) is 6.07 Å². The van der Waals surface area contributed by atoms with Crippen molar-refractivity contribution in [3.05, 3.63) is 28.0 Å². The molecule has 4 heteroatoms. The van der Waals surface area contributed by atoms with Gasteiger partial charge in [0.05, 0.1) is 0 Å². The van der Waals surface area contributed by atoms with Crippen LogP contribution in [0.2, 0.25) is 0 Å². The van der Waals surface area contributed by atoms with Crippen LogP contribution >= 0.6 is 15.9 Å². The van der Waals surface area contributed by atoms with Gasteiger partial charge < -0.3 is 9.90 Å². The Morgan fingerprint density at radius 2 is 2.21 bits per heavy atom. The smallest absolute Gasteiger partial charge is 0.166 e. The minimum atomic E-state index is -0.669. The molecular formula is C10H10BrFO2. The molecule has 0 saturated heterocycles. The second kappa shape index (κ2) is 4.55. The van der Waals surface area contributed by atoms with Crippen LogP contribution in [0.1, 0.15) is 18.9 Å². The molecular weight excluding hydrogens is 251 g/mol. The number of phenolic OH excluding ortho intramolecular Hbond substituents is 1. The van der Waals surface area contributed by atoms with Gasteiger partial charge in [-0.2, -0.15) is 0 Å². The van der Waals surface area contributed by atoms with Crippen LogP contribution in [0.25, 0.3) is 0 Å². The van der Waals surface area contributed by atoms with Crippen LogP contribution in [0.3, 0.4) is 0 Å². The standard InChI is InChI=1S/C10H10BrFO2/c1-6(13)2-3-7-4-8(11)5-9(12)10(7)14/h4-5,14H,2-3H2,1H3. The third-order valence-corrected chi connectivity index (χ3v) is 2.31. The lowest BCUT2D eigenvalue weighted by Gasteiger charge is -2.04. The van der Waals surface area contributed by atoms with E-state index in [1.807, 2.05) is 0 Å². The van der Waals surface area contributed by atoms with E-state index in [1.165, 1.54) is 13.0 Å². The average Bonchev–Trinajstić information content (AvgIpc) is 2.08. The van der Waals surface area contributed by atoms with E-state index in [-0.39, 0.29) is 11.5 Å². The zero-order chi connectivity index (χ0) is 10.7. The van der Waals surface area contributed by atoms with Crippen LogP contribution in [0.4, 0.5) is 4.39 Å². The first-order valence-corrected chi connectivity index (χ1v) is 4.96. The summed E-state index contributed by atoms with van der Waals surface area (Å²) >= 11 is 3.12. The van der Waals surface area contributed by atoms with Gasteiger partial charge in [0.25, 0.3) is 0 Å². The first-order chi connectivity index (χ1) is 6.50. The third kappa shape index (κ3) is 2.80. The van der Waals surface area contributed by atoms with E-state index in [9.17, 15) is 14.3 Å². The molecule has 0 fully saturated rings. The van der Waals surface area contributed by atoms with Gasteiger partial charge in [0.2, 0.25) is 0 Å². The van der Waals surface area contributed by atoms with Crippen molar-refractivity contribution >= 4 is 21.7 Å². The molecule has 0 spiro atoms. The highest BCUT2D eigenvalue weighted by atomic mass is 79.9. The zero-order valence-electron chi connectivity index (χ0n) is 7.68. The Labute approximate surface area is 89.9 Å². The predicted octanol–water partition coefficient (Wildman–Crippen LogP) is 2.82. The zero-order valence-corrected chi connectivity index (χ0v) is 9.27. The summed E-state index contributed by atoms with van der Waals surface area (Å²) in [4.78, 5) is 10.7. The Morgan fingerprint density at radius 3 is 2.79 bits per heavy atom. The highest BCUT2D eigenvalue weighted by Gasteiger charge is 2.09. The van der Waals surface area contributed by atoms with Crippen molar-refractivity contribution in [3.8, 4) is 5.75 Å². The highest BCUT2D eigenvalue weighted by Crippen LogP contribution is 2.26. The molecule has 2 nitrogen and oxygen atoms in total. The van der Waals surface area contributed by atoms with Crippen LogP contribution in [-0.4, -0.2) is 10.9 Å². The summed E-state index contributed by atoms with van der Waals surface area (Å²) < 4.78 is 13.6. The first kappa shape index (κ1) is 11.2. The number of benzene rings is 1. The lowest BCUT2D eigenvalue weighted by molar-refractivity contribution is -0.116. The molecule has 1 N–H and O–H groups in total. The molecule has 0 aliphatic carbocycles. The number of phenols is 1. The van der Waals surface area contributed by atoms with E-state index >= 15 is 0 Å². The van der Waals surface area contributed by atoms with Crippen molar-refractivity contribution in [1.29, 1.82) is 0 Å². The topological polar surface area (TPSA) is 37.3 Å². The summed E-state index contributed by atoms with van der Waals surface area (Å²) in [6, 6.07) is 2.80. The number of hydrogen-bond acceptors (Lipinski definition) is 2. The second-order valence-corrected chi connectivity index (χ2v) is 4.01. The van der Waals surface area contributed by atoms with Gasteiger partial charge in [0.1, 0.15) is 5.78 Å². The number of aryl methyl sites for hydroxylation is 1. The predicted molar refractivity (Wildman–Crippen MR) is 54.8 cm³/mol. The number of aromatic hydroxyl groups is 1. The largest absolute Gasteiger partial charge is 0.505 e. The van der Waals surface area contributed by atoms with Crippen molar-refractivity contribution in [2.45, 2.75) is 19.8 Å². The maximum atomic E-state index is 13.0. The van der Waals surface area contributed by atoms with E-state index in [2.05, 4.69) is 15.9 Å². The summed E-state index contributed by atoms with van der Waals surface area (Å²) in [6.07, 6.45) is 0.668. The van der Waals surface area contributed by atoms with Crippen LogP contribution in [0.5, 0.6) is 5.75 Å². The summed E-state index contributed by atoms with van der Waals surface area (Å²) in [5.74, 6) is -1.02. The fraction of sp³-hybridized carbons (Fsp3) is 0.300. The van der Waals surface area contributed by atoms with Crippen LogP contribution in [-0.2, 0) is 11.2 Å². The number of carbonyl (C=O) groups excluding carboxylic acids is 1. The molecule has 1 aromatic carbocycles. The van der Waals surface area contributed by atoms with Gasteiger partial charge in [0, 0.05) is 10.9 Å². The van der Waals surface area contributed by atoms with Gasteiger partial charge in [0.15, 0.2) is 11.6 Å². The molecule has 0 aliphatic rings. The maximum absolute atomic E-state index is 13.0. The third-order valence-electron chi connectivity index (χ3n) is 1.85. The van der Waals surface area contributed by atoms with Crippen molar-refractivity contribution in [1.82, 2.24) is 0 Å². The summed E-state index contributed by atoms with van der Waals surface area (Å²) in [6.45, 7) is 1.46. The van der Waals surface area contributed by atoms with Crippen LogP contribution in [0, 0.1) is 5.82 Å². The molecule has 0 amide bonds. The molecule has 0 aromatic heterocycles. The monoisotopic (exact) mass is 260 g/mol. The Kier molecular flexibility index (Phi) is 3.63. The fourth-order valence-electron chi connectivity index (χ4n) is 1.12. The number of Topliss-reactive ketones (excluding diaryl/α,β-unsaturated/α-hetero) is 1. The van der Waals surface area contributed by atoms with E-state index in [0.29, 0.717) is 22.9 Å². The molecule has 0 aliphatic heterocycles. The van der Waals surface area contributed by atoms with Gasteiger partial charge in [-0.1, -0.05) is 15.9 Å². The van der Waals surface area contributed by atoms with Gasteiger partial charge in [-0.25, -0.2) is 4.39 Å². The maximum Gasteiger partial charge on any atom is 0.166 e. The quantitative estimate of drug-likeness (QED) is 0.908. The van der Waals surface area contributed by atoms with Crippen molar-refractivity contribution < 1.29 is 14.3 Å². The summed E-state index contributed by atoms with van der Waals surface area (Å²) in [5.41, 5.74) is 0.451. The molecule has 14 heavy (non-hydrogen) atoms. The van der Waals surface area contributed by atoms with Crippen molar-refractivity contribution in [2.24, 2.45) is 0 Å².